The molecule has 3 rings (SSSR count). The Morgan fingerprint density at radius 2 is 1.67 bits per heavy atom. The maximum absolute atomic E-state index is 12.4. The fraction of sp³-hybridized carbons (Fsp3) is 0.556. The number of alkyl halides is 3. The zero-order chi connectivity index (χ0) is 19.8. The van der Waals surface area contributed by atoms with Crippen LogP contribution in [-0.4, -0.2) is 53.9 Å². The van der Waals surface area contributed by atoms with Gasteiger partial charge in [-0.05, 0) is 50.5 Å². The summed E-state index contributed by atoms with van der Waals surface area (Å²) in [6.45, 7) is 2.86. The quantitative estimate of drug-likeness (QED) is 0.861. The van der Waals surface area contributed by atoms with E-state index in [0.29, 0.717) is 38.2 Å². The highest BCUT2D eigenvalue weighted by molar-refractivity contribution is 5.87. The molecular formula is C18H21F3N2O4. The molecule has 0 bridgehead atoms. The standard InChI is InChI=1S/C18H21F3N2O4/c1-12(24)15-17(6-9-22(10-7-17)16(25)26)8-11-23(15)13-2-4-14(5-3-13)27-18(19,20)21/h2-5,15H,6-11H2,1H3,(H,25,26). The summed E-state index contributed by atoms with van der Waals surface area (Å²) in [5.74, 6) is -0.332. The zero-order valence-corrected chi connectivity index (χ0v) is 14.8. The van der Waals surface area contributed by atoms with Crippen molar-refractivity contribution >= 4 is 17.6 Å². The summed E-state index contributed by atoms with van der Waals surface area (Å²) >= 11 is 0. The molecule has 1 spiro atoms. The lowest BCUT2D eigenvalue weighted by Crippen LogP contribution is -2.51. The first kappa shape index (κ1) is 19.3. The second-order valence-corrected chi connectivity index (χ2v) is 7.13. The first-order valence-corrected chi connectivity index (χ1v) is 8.72. The predicted octanol–water partition coefficient (Wildman–Crippen LogP) is 3.51. The van der Waals surface area contributed by atoms with E-state index in [1.54, 1.807) is 0 Å². The Morgan fingerprint density at radius 1 is 1.11 bits per heavy atom. The van der Waals surface area contributed by atoms with E-state index in [4.69, 9.17) is 5.11 Å². The SMILES string of the molecule is CC(=O)C1N(c2ccc(OC(F)(F)F)cc2)CCC12CCN(C(=O)O)CC2. The third-order valence-electron chi connectivity index (χ3n) is 5.56. The Hall–Kier alpha value is -2.45. The number of hydrogen-bond acceptors (Lipinski definition) is 4. The number of ether oxygens (including phenoxy) is 1. The molecule has 0 aliphatic carbocycles. The number of benzene rings is 1. The number of ketones is 1. The lowest BCUT2D eigenvalue weighted by Gasteiger charge is -2.42. The van der Waals surface area contributed by atoms with E-state index >= 15 is 0 Å². The Bertz CT molecular complexity index is 712. The van der Waals surface area contributed by atoms with Gasteiger partial charge in [0.05, 0.1) is 6.04 Å². The molecule has 6 nitrogen and oxygen atoms in total. The van der Waals surface area contributed by atoms with Gasteiger partial charge < -0.3 is 19.6 Å². The molecule has 0 aromatic heterocycles. The molecule has 1 atom stereocenters. The molecule has 0 saturated carbocycles. The van der Waals surface area contributed by atoms with Gasteiger partial charge in [0.15, 0.2) is 5.78 Å². The summed E-state index contributed by atoms with van der Waals surface area (Å²) in [6.07, 6.45) is -3.78. The number of hydrogen-bond donors (Lipinski definition) is 1. The third-order valence-corrected chi connectivity index (χ3v) is 5.56. The van der Waals surface area contributed by atoms with Crippen LogP contribution in [0.5, 0.6) is 5.75 Å². The maximum Gasteiger partial charge on any atom is 0.573 e. The van der Waals surface area contributed by atoms with Crippen LogP contribution in [0.4, 0.5) is 23.7 Å². The number of carboxylic acid groups (broad SMARTS) is 1. The van der Waals surface area contributed by atoms with E-state index in [1.807, 2.05) is 4.90 Å². The van der Waals surface area contributed by atoms with Crippen LogP contribution >= 0.6 is 0 Å². The molecule has 27 heavy (non-hydrogen) atoms. The van der Waals surface area contributed by atoms with Gasteiger partial charge in [0.2, 0.25) is 0 Å². The zero-order valence-electron chi connectivity index (χ0n) is 14.8. The average Bonchev–Trinajstić information content (AvgIpc) is 2.93. The Labute approximate surface area is 154 Å². The number of rotatable bonds is 3. The number of amides is 1. The number of piperidine rings is 1. The molecule has 9 heteroatoms. The molecule has 2 heterocycles. The minimum atomic E-state index is -4.75. The second-order valence-electron chi connectivity index (χ2n) is 7.13. The molecule has 2 aliphatic heterocycles. The molecule has 1 aromatic rings. The highest BCUT2D eigenvalue weighted by Gasteiger charge is 2.51. The molecule has 1 aromatic carbocycles. The highest BCUT2D eigenvalue weighted by atomic mass is 19.4. The van der Waals surface area contributed by atoms with Crippen LogP contribution in [0.1, 0.15) is 26.2 Å². The van der Waals surface area contributed by atoms with Crippen molar-refractivity contribution in [3.05, 3.63) is 24.3 Å². The smallest absolute Gasteiger partial charge is 0.465 e. The van der Waals surface area contributed by atoms with Crippen LogP contribution in [0.15, 0.2) is 24.3 Å². The van der Waals surface area contributed by atoms with Crippen LogP contribution in [0.3, 0.4) is 0 Å². The summed E-state index contributed by atoms with van der Waals surface area (Å²) in [7, 11) is 0. The molecule has 1 N–H and O–H groups in total. The Morgan fingerprint density at radius 3 is 2.15 bits per heavy atom. The van der Waals surface area contributed by atoms with Crippen molar-refractivity contribution in [2.45, 2.75) is 38.6 Å². The van der Waals surface area contributed by atoms with Crippen LogP contribution in [0, 0.1) is 5.41 Å². The van der Waals surface area contributed by atoms with Crippen molar-refractivity contribution in [1.29, 1.82) is 0 Å². The van der Waals surface area contributed by atoms with Gasteiger partial charge in [0.1, 0.15) is 5.75 Å². The van der Waals surface area contributed by atoms with E-state index in [9.17, 15) is 22.8 Å². The maximum atomic E-state index is 12.4. The van der Waals surface area contributed by atoms with E-state index in [2.05, 4.69) is 4.74 Å². The number of Topliss-reactive ketones (excluding diaryl/α,β-unsaturated/α-hetero) is 1. The van der Waals surface area contributed by atoms with E-state index in [1.165, 1.54) is 36.1 Å². The number of nitrogens with zero attached hydrogens (tertiary/aromatic N) is 2. The van der Waals surface area contributed by atoms with E-state index in [-0.39, 0.29) is 16.9 Å². The lowest BCUT2D eigenvalue weighted by molar-refractivity contribution is -0.274. The van der Waals surface area contributed by atoms with Crippen molar-refractivity contribution in [1.82, 2.24) is 4.90 Å². The summed E-state index contributed by atoms with van der Waals surface area (Å²) in [5, 5.41) is 9.14. The molecule has 2 saturated heterocycles. The molecule has 2 fully saturated rings. The molecule has 1 unspecified atom stereocenters. The molecule has 2 aliphatic rings. The number of likely N-dealkylation sites (tertiary alicyclic amines) is 1. The lowest BCUT2D eigenvalue weighted by atomic mass is 9.71. The van der Waals surface area contributed by atoms with Crippen molar-refractivity contribution in [3.8, 4) is 5.75 Å². The fourth-order valence-corrected chi connectivity index (χ4v) is 4.37. The van der Waals surface area contributed by atoms with Crippen molar-refractivity contribution in [2.75, 3.05) is 24.5 Å². The number of carbonyl (C=O) groups excluding carboxylic acids is 1. The first-order chi connectivity index (χ1) is 12.6. The Kier molecular flexibility index (Phi) is 4.96. The van der Waals surface area contributed by atoms with Crippen molar-refractivity contribution in [3.63, 3.8) is 0 Å². The third kappa shape index (κ3) is 3.96. The van der Waals surface area contributed by atoms with Gasteiger partial charge in [0.25, 0.3) is 0 Å². The van der Waals surface area contributed by atoms with Gasteiger partial charge in [-0.25, -0.2) is 4.79 Å². The summed E-state index contributed by atoms with van der Waals surface area (Å²) < 4.78 is 40.8. The predicted molar refractivity (Wildman–Crippen MR) is 90.8 cm³/mol. The van der Waals surface area contributed by atoms with Crippen LogP contribution in [0.2, 0.25) is 0 Å². The van der Waals surface area contributed by atoms with E-state index in [0.717, 1.165) is 6.42 Å². The van der Waals surface area contributed by atoms with Gasteiger partial charge in [-0.2, -0.15) is 0 Å². The molecule has 0 radical (unpaired) electrons. The fourth-order valence-electron chi connectivity index (χ4n) is 4.37. The second kappa shape index (κ2) is 6.94. The largest absolute Gasteiger partial charge is 0.573 e. The summed E-state index contributed by atoms with van der Waals surface area (Å²) in [5.41, 5.74) is 0.348. The van der Waals surface area contributed by atoms with Crippen LogP contribution in [0.25, 0.3) is 0 Å². The Balaban J connectivity index is 1.79. The minimum Gasteiger partial charge on any atom is -0.465 e. The molecule has 148 valence electrons. The van der Waals surface area contributed by atoms with Gasteiger partial charge in [-0.15, -0.1) is 13.2 Å². The van der Waals surface area contributed by atoms with Gasteiger partial charge in [-0.1, -0.05) is 0 Å². The molecular weight excluding hydrogens is 365 g/mol. The summed E-state index contributed by atoms with van der Waals surface area (Å²) in [4.78, 5) is 26.8. The van der Waals surface area contributed by atoms with Crippen LogP contribution < -0.4 is 9.64 Å². The van der Waals surface area contributed by atoms with E-state index < -0.39 is 18.5 Å². The number of carbonyl (C=O) groups is 2. The monoisotopic (exact) mass is 386 g/mol. The van der Waals surface area contributed by atoms with Gasteiger partial charge in [0, 0.05) is 30.7 Å². The van der Waals surface area contributed by atoms with Crippen molar-refractivity contribution < 1.29 is 32.6 Å². The summed E-state index contributed by atoms with van der Waals surface area (Å²) in [6, 6.07) is 5.09. The normalized spacial score (nSPS) is 22.1. The van der Waals surface area contributed by atoms with Gasteiger partial charge in [-0.3, -0.25) is 4.79 Å². The molecule has 1 amide bonds. The highest BCUT2D eigenvalue weighted by Crippen LogP contribution is 2.47. The van der Waals surface area contributed by atoms with Crippen LogP contribution in [-0.2, 0) is 4.79 Å². The number of halogens is 3. The average molecular weight is 386 g/mol. The minimum absolute atomic E-state index is 0.0214. The van der Waals surface area contributed by atoms with Gasteiger partial charge >= 0.3 is 12.5 Å². The number of anilines is 1. The first-order valence-electron chi connectivity index (χ1n) is 8.72. The topological polar surface area (TPSA) is 70.1 Å². The van der Waals surface area contributed by atoms with Crippen molar-refractivity contribution in [2.24, 2.45) is 5.41 Å².